The minimum atomic E-state index is -0.161. The van der Waals surface area contributed by atoms with E-state index in [9.17, 15) is 9.59 Å². The van der Waals surface area contributed by atoms with Gasteiger partial charge in [0.05, 0.1) is 30.7 Å². The third-order valence-corrected chi connectivity index (χ3v) is 3.90. The number of hydrogen-bond donors (Lipinski definition) is 1. The van der Waals surface area contributed by atoms with Crippen LogP contribution in [-0.2, 0) is 14.3 Å². The number of likely N-dealkylation sites (tertiary alicyclic amines) is 1. The maximum atomic E-state index is 12.2. The molecule has 0 bridgehead atoms. The molecule has 0 aliphatic carbocycles. The Labute approximate surface area is 136 Å². The van der Waals surface area contributed by atoms with Crippen LogP contribution in [0, 0.1) is 17.2 Å². The third-order valence-electron chi connectivity index (χ3n) is 3.90. The molecule has 1 amide bonds. The number of rotatable bonds is 5. The monoisotopic (exact) mass is 315 g/mol. The average Bonchev–Trinajstić information content (AvgIpc) is 2.60. The van der Waals surface area contributed by atoms with Crippen molar-refractivity contribution >= 4 is 17.6 Å². The van der Waals surface area contributed by atoms with Crippen molar-refractivity contribution in [3.63, 3.8) is 0 Å². The lowest BCUT2D eigenvalue weighted by Crippen LogP contribution is -2.43. The summed E-state index contributed by atoms with van der Waals surface area (Å²) in [5.74, 6) is -0.264. The zero-order valence-corrected chi connectivity index (χ0v) is 13.2. The van der Waals surface area contributed by atoms with Gasteiger partial charge in [-0.05, 0) is 38.0 Å². The highest BCUT2D eigenvalue weighted by molar-refractivity contribution is 5.81. The van der Waals surface area contributed by atoms with Crippen LogP contribution >= 0.6 is 0 Å². The maximum Gasteiger partial charge on any atom is 0.309 e. The van der Waals surface area contributed by atoms with Crippen LogP contribution in [0.4, 0.5) is 5.69 Å². The smallest absolute Gasteiger partial charge is 0.309 e. The van der Waals surface area contributed by atoms with E-state index in [-0.39, 0.29) is 24.3 Å². The van der Waals surface area contributed by atoms with Gasteiger partial charge in [0.1, 0.15) is 0 Å². The Morgan fingerprint density at radius 2 is 2.13 bits per heavy atom. The lowest BCUT2D eigenvalue weighted by molar-refractivity contribution is -0.151. The second-order valence-corrected chi connectivity index (χ2v) is 5.45. The summed E-state index contributed by atoms with van der Waals surface area (Å²) in [6, 6.07) is 9.08. The van der Waals surface area contributed by atoms with Crippen LogP contribution in [0.15, 0.2) is 24.3 Å². The van der Waals surface area contributed by atoms with E-state index in [1.165, 1.54) is 0 Å². The number of benzene rings is 1. The van der Waals surface area contributed by atoms with Gasteiger partial charge in [0.15, 0.2) is 0 Å². The quantitative estimate of drug-likeness (QED) is 0.837. The van der Waals surface area contributed by atoms with E-state index in [2.05, 4.69) is 11.4 Å². The van der Waals surface area contributed by atoms with Crippen LogP contribution in [0.25, 0.3) is 0 Å². The fourth-order valence-corrected chi connectivity index (χ4v) is 2.61. The van der Waals surface area contributed by atoms with Crippen LogP contribution in [-0.4, -0.2) is 43.0 Å². The molecule has 0 spiro atoms. The molecule has 0 unspecified atom stereocenters. The number of piperidine rings is 1. The molecule has 2 rings (SSSR count). The van der Waals surface area contributed by atoms with Gasteiger partial charge < -0.3 is 15.0 Å². The van der Waals surface area contributed by atoms with Gasteiger partial charge >= 0.3 is 5.97 Å². The Morgan fingerprint density at radius 3 is 2.78 bits per heavy atom. The van der Waals surface area contributed by atoms with Crippen molar-refractivity contribution in [2.45, 2.75) is 19.8 Å². The van der Waals surface area contributed by atoms with Crippen LogP contribution in [0.5, 0.6) is 0 Å². The summed E-state index contributed by atoms with van der Waals surface area (Å²) in [5.41, 5.74) is 1.30. The first-order chi connectivity index (χ1) is 11.1. The van der Waals surface area contributed by atoms with Crippen molar-refractivity contribution in [2.24, 2.45) is 5.92 Å². The Morgan fingerprint density at radius 1 is 1.39 bits per heavy atom. The molecular weight excluding hydrogens is 294 g/mol. The summed E-state index contributed by atoms with van der Waals surface area (Å²) < 4.78 is 5.02. The highest BCUT2D eigenvalue weighted by Crippen LogP contribution is 2.19. The third kappa shape index (κ3) is 4.71. The van der Waals surface area contributed by atoms with Gasteiger partial charge in [-0.3, -0.25) is 9.59 Å². The molecule has 1 aromatic carbocycles. The highest BCUT2D eigenvalue weighted by atomic mass is 16.5. The van der Waals surface area contributed by atoms with Crippen LogP contribution < -0.4 is 5.32 Å². The molecular formula is C17H21N3O3. The second-order valence-electron chi connectivity index (χ2n) is 5.45. The van der Waals surface area contributed by atoms with Crippen molar-refractivity contribution in [3.05, 3.63) is 29.8 Å². The molecule has 122 valence electrons. The van der Waals surface area contributed by atoms with E-state index >= 15 is 0 Å². The predicted molar refractivity (Wildman–Crippen MR) is 85.6 cm³/mol. The van der Waals surface area contributed by atoms with Crippen molar-refractivity contribution in [1.29, 1.82) is 5.26 Å². The summed E-state index contributed by atoms with van der Waals surface area (Å²) in [5, 5.41) is 11.9. The maximum absolute atomic E-state index is 12.2. The summed E-state index contributed by atoms with van der Waals surface area (Å²) in [6.45, 7) is 3.51. The minimum absolute atomic E-state index is 0.00494. The number of anilines is 1. The van der Waals surface area contributed by atoms with Gasteiger partial charge in [0, 0.05) is 18.8 Å². The lowest BCUT2D eigenvalue weighted by Gasteiger charge is -2.31. The molecule has 1 aliphatic heterocycles. The fraction of sp³-hybridized carbons (Fsp3) is 0.471. The largest absolute Gasteiger partial charge is 0.466 e. The first-order valence-corrected chi connectivity index (χ1v) is 7.82. The molecule has 0 saturated carbocycles. The number of hydrogen-bond acceptors (Lipinski definition) is 5. The number of carbonyl (C=O) groups excluding carboxylic acids is 2. The number of carbonyl (C=O) groups is 2. The molecule has 1 N–H and O–H groups in total. The second kappa shape index (κ2) is 8.18. The normalized spacial score (nSPS) is 14.9. The number of amides is 1. The van der Waals surface area contributed by atoms with Crippen LogP contribution in [0.3, 0.4) is 0 Å². The van der Waals surface area contributed by atoms with E-state index in [1.807, 2.05) is 6.07 Å². The van der Waals surface area contributed by atoms with E-state index in [0.717, 1.165) is 5.69 Å². The molecule has 6 heteroatoms. The van der Waals surface area contributed by atoms with Gasteiger partial charge in [0.2, 0.25) is 5.91 Å². The summed E-state index contributed by atoms with van der Waals surface area (Å²) in [6.07, 6.45) is 1.29. The molecule has 6 nitrogen and oxygen atoms in total. The number of ether oxygens (including phenoxy) is 1. The molecule has 1 heterocycles. The van der Waals surface area contributed by atoms with Crippen molar-refractivity contribution in [3.8, 4) is 6.07 Å². The highest BCUT2D eigenvalue weighted by Gasteiger charge is 2.27. The Balaban J connectivity index is 1.79. The van der Waals surface area contributed by atoms with Crippen LogP contribution in [0.2, 0.25) is 0 Å². The Kier molecular flexibility index (Phi) is 5.98. The van der Waals surface area contributed by atoms with Gasteiger partial charge in [0.25, 0.3) is 0 Å². The van der Waals surface area contributed by atoms with Gasteiger partial charge in [-0.15, -0.1) is 0 Å². The van der Waals surface area contributed by atoms with E-state index in [4.69, 9.17) is 10.00 Å². The van der Waals surface area contributed by atoms with Gasteiger partial charge in [-0.1, -0.05) is 6.07 Å². The van der Waals surface area contributed by atoms with Crippen LogP contribution in [0.1, 0.15) is 25.3 Å². The molecule has 23 heavy (non-hydrogen) atoms. The average molecular weight is 315 g/mol. The summed E-state index contributed by atoms with van der Waals surface area (Å²) >= 11 is 0. The molecule has 1 fully saturated rings. The summed E-state index contributed by atoms with van der Waals surface area (Å²) in [4.78, 5) is 25.7. The standard InChI is InChI=1S/C17H21N3O3/c1-2-23-17(22)14-6-8-20(9-7-14)16(21)12-19-15-5-3-4-13(10-15)11-18/h3-5,10,14,19H,2,6-9,12H2,1H3. The molecule has 0 radical (unpaired) electrons. The van der Waals surface area contributed by atoms with E-state index in [0.29, 0.717) is 38.1 Å². The zero-order valence-electron chi connectivity index (χ0n) is 13.2. The van der Waals surface area contributed by atoms with Gasteiger partial charge in [-0.2, -0.15) is 5.26 Å². The first kappa shape index (κ1) is 16.8. The zero-order chi connectivity index (χ0) is 16.7. The van der Waals surface area contributed by atoms with E-state index < -0.39 is 0 Å². The van der Waals surface area contributed by atoms with E-state index in [1.54, 1.807) is 30.0 Å². The van der Waals surface area contributed by atoms with Crippen molar-refractivity contribution in [1.82, 2.24) is 4.90 Å². The Bertz CT molecular complexity index is 601. The molecule has 1 aromatic rings. The lowest BCUT2D eigenvalue weighted by atomic mass is 9.97. The van der Waals surface area contributed by atoms with Crippen molar-refractivity contribution < 1.29 is 14.3 Å². The molecule has 1 aliphatic rings. The fourth-order valence-electron chi connectivity index (χ4n) is 2.61. The molecule has 0 aromatic heterocycles. The van der Waals surface area contributed by atoms with Crippen molar-refractivity contribution in [2.75, 3.05) is 31.6 Å². The number of esters is 1. The first-order valence-electron chi connectivity index (χ1n) is 7.82. The SMILES string of the molecule is CCOC(=O)C1CCN(C(=O)CNc2cccc(C#N)c2)CC1. The minimum Gasteiger partial charge on any atom is -0.466 e. The predicted octanol–water partition coefficient (Wildman–Crippen LogP) is 1.77. The molecule has 1 saturated heterocycles. The number of nitrogens with zero attached hydrogens (tertiary/aromatic N) is 2. The topological polar surface area (TPSA) is 82.4 Å². The summed E-state index contributed by atoms with van der Waals surface area (Å²) in [7, 11) is 0. The number of nitriles is 1. The van der Waals surface area contributed by atoms with Gasteiger partial charge in [-0.25, -0.2) is 0 Å². The molecule has 0 atom stereocenters. The Hall–Kier alpha value is -2.55. The number of nitrogens with one attached hydrogen (secondary N) is 1.